The zero-order valence-electron chi connectivity index (χ0n) is 17.5. The van der Waals surface area contributed by atoms with E-state index in [0.29, 0.717) is 35.5 Å². The zero-order valence-corrected chi connectivity index (χ0v) is 17.5. The maximum atomic E-state index is 12.9. The van der Waals surface area contributed by atoms with Crippen LogP contribution in [0.25, 0.3) is 11.3 Å². The van der Waals surface area contributed by atoms with E-state index in [1.807, 2.05) is 35.9 Å². The molecule has 2 heterocycles. The predicted molar refractivity (Wildman–Crippen MR) is 115 cm³/mol. The summed E-state index contributed by atoms with van der Waals surface area (Å²) in [5.41, 5.74) is 9.10. The lowest BCUT2D eigenvalue weighted by atomic mass is 9.65. The molecule has 0 amide bonds. The number of ketones is 1. The molecule has 0 unspecified atom stereocenters. The number of nitrogens with zero attached hydrogens (tertiary/aromatic N) is 2. The van der Waals surface area contributed by atoms with Crippen molar-refractivity contribution >= 4 is 11.6 Å². The second-order valence-corrected chi connectivity index (χ2v) is 8.59. The Labute approximate surface area is 172 Å². The van der Waals surface area contributed by atoms with Crippen LogP contribution in [0.15, 0.2) is 24.3 Å². The normalized spacial score (nSPS) is 23.3. The summed E-state index contributed by atoms with van der Waals surface area (Å²) in [5, 5.41) is 8.33. The number of nitrogens with one attached hydrogen (secondary N) is 1. The van der Waals surface area contributed by atoms with Gasteiger partial charge < -0.3 is 15.8 Å². The Morgan fingerprint density at radius 3 is 2.66 bits per heavy atom. The lowest BCUT2D eigenvalue weighted by Crippen LogP contribution is -2.40. The molecule has 0 bridgehead atoms. The van der Waals surface area contributed by atoms with Gasteiger partial charge in [0.1, 0.15) is 17.3 Å². The fraction of sp³-hybridized carbons (Fsp3) is 0.565. The number of carbonyl (C=O) groups is 1. The Kier molecular flexibility index (Phi) is 5.63. The third-order valence-electron chi connectivity index (χ3n) is 6.32. The number of nitrogen functional groups attached to an aromatic ring is 1. The van der Waals surface area contributed by atoms with Crippen molar-refractivity contribution in [1.29, 1.82) is 0 Å². The van der Waals surface area contributed by atoms with Gasteiger partial charge in [-0.05, 0) is 68.3 Å². The van der Waals surface area contributed by atoms with Crippen LogP contribution in [0.1, 0.15) is 68.8 Å². The largest absolute Gasteiger partial charge is 0.494 e. The highest BCUT2D eigenvalue weighted by Crippen LogP contribution is 2.53. The van der Waals surface area contributed by atoms with Gasteiger partial charge in [0.2, 0.25) is 0 Å². The van der Waals surface area contributed by atoms with Crippen molar-refractivity contribution in [1.82, 2.24) is 15.1 Å². The molecule has 1 aliphatic carbocycles. The van der Waals surface area contributed by atoms with Gasteiger partial charge in [0.15, 0.2) is 5.78 Å². The van der Waals surface area contributed by atoms with Crippen LogP contribution in [-0.4, -0.2) is 35.3 Å². The smallest absolute Gasteiger partial charge is 0.168 e. The first-order chi connectivity index (χ1) is 14.1. The highest BCUT2D eigenvalue weighted by Gasteiger charge is 2.48. The molecule has 2 fully saturated rings. The summed E-state index contributed by atoms with van der Waals surface area (Å²) in [4.78, 5) is 12.9. The van der Waals surface area contributed by atoms with Gasteiger partial charge in [0.05, 0.1) is 18.2 Å². The van der Waals surface area contributed by atoms with Gasteiger partial charge in [-0.25, -0.2) is 4.68 Å². The second kappa shape index (κ2) is 8.19. The Hall–Kier alpha value is -2.34. The molecule has 3 N–H and O–H groups in total. The van der Waals surface area contributed by atoms with Crippen LogP contribution in [0.2, 0.25) is 0 Å². The lowest BCUT2D eigenvalue weighted by molar-refractivity contribution is 0.0774. The van der Waals surface area contributed by atoms with Crippen molar-refractivity contribution in [3.05, 3.63) is 29.8 Å². The zero-order chi connectivity index (χ0) is 20.4. The third kappa shape index (κ3) is 3.78. The number of Topliss-reactive ketones (excluding diaryl/α,β-unsaturated/α-hetero) is 1. The molecule has 6 nitrogen and oxygen atoms in total. The van der Waals surface area contributed by atoms with E-state index in [4.69, 9.17) is 15.6 Å². The molecule has 4 rings (SSSR count). The number of ether oxygens (including phenoxy) is 1. The molecule has 1 spiro atoms. The second-order valence-electron chi connectivity index (χ2n) is 8.59. The molecule has 1 aromatic heterocycles. The monoisotopic (exact) mass is 396 g/mol. The lowest BCUT2D eigenvalue weighted by Gasteiger charge is -2.45. The van der Waals surface area contributed by atoms with Crippen molar-refractivity contribution in [2.24, 2.45) is 5.41 Å². The van der Waals surface area contributed by atoms with Gasteiger partial charge in [-0.3, -0.25) is 4.79 Å². The molecule has 29 heavy (non-hydrogen) atoms. The van der Waals surface area contributed by atoms with E-state index in [1.54, 1.807) is 0 Å². The maximum Gasteiger partial charge on any atom is 0.168 e. The summed E-state index contributed by atoms with van der Waals surface area (Å²) in [6, 6.07) is 8.11. The molecule has 1 aromatic carbocycles. The van der Waals surface area contributed by atoms with E-state index in [1.165, 1.54) is 6.42 Å². The minimum atomic E-state index is 0.0779. The van der Waals surface area contributed by atoms with Gasteiger partial charge >= 0.3 is 0 Å². The highest BCUT2D eigenvalue weighted by atomic mass is 16.5. The number of hydrogen-bond acceptors (Lipinski definition) is 5. The fourth-order valence-corrected chi connectivity index (χ4v) is 4.74. The minimum absolute atomic E-state index is 0.0779. The third-order valence-corrected chi connectivity index (χ3v) is 6.32. The number of nitrogens with two attached hydrogens (primary N) is 1. The Bertz CT molecular complexity index is 858. The van der Waals surface area contributed by atoms with Crippen LogP contribution in [-0.2, 0) is 0 Å². The summed E-state index contributed by atoms with van der Waals surface area (Å²) in [7, 11) is 0. The summed E-state index contributed by atoms with van der Waals surface area (Å²) in [5.74, 6) is 1.43. The predicted octanol–water partition coefficient (Wildman–Crippen LogP) is 4.22. The number of rotatable bonds is 8. The standard InChI is InChI=1S/C23H32N4O2/c1-3-5-19(28)20-21(16-6-8-18(9-7-16)29-12-4-2)26-27(22(20)24)17-13-23(14-17)10-11-25-15-23/h6-9,17,25H,3-5,10-15,24H2,1-2H3. The van der Waals surface area contributed by atoms with E-state index < -0.39 is 0 Å². The SMILES string of the molecule is CCCOc1ccc(-c2nn(C3CC4(CCNC4)C3)c(N)c2C(=O)CCC)cc1. The van der Waals surface area contributed by atoms with E-state index in [9.17, 15) is 4.79 Å². The molecular formula is C23H32N4O2. The van der Waals surface area contributed by atoms with Crippen LogP contribution in [0.5, 0.6) is 5.75 Å². The fourth-order valence-electron chi connectivity index (χ4n) is 4.74. The van der Waals surface area contributed by atoms with Gasteiger partial charge in [-0.1, -0.05) is 13.8 Å². The van der Waals surface area contributed by atoms with Crippen LogP contribution < -0.4 is 15.8 Å². The summed E-state index contributed by atoms with van der Waals surface area (Å²) in [6.45, 7) is 6.97. The number of hydrogen-bond donors (Lipinski definition) is 2. The van der Waals surface area contributed by atoms with Crippen molar-refractivity contribution in [2.75, 3.05) is 25.4 Å². The Balaban J connectivity index is 1.64. The van der Waals surface area contributed by atoms with Gasteiger partial charge in [0.25, 0.3) is 0 Å². The maximum absolute atomic E-state index is 12.9. The summed E-state index contributed by atoms with van der Waals surface area (Å²) in [6.07, 6.45) is 5.63. The first kappa shape index (κ1) is 20.0. The molecular weight excluding hydrogens is 364 g/mol. The van der Waals surface area contributed by atoms with Gasteiger partial charge in [-0.2, -0.15) is 5.10 Å². The first-order valence-electron chi connectivity index (χ1n) is 10.9. The molecule has 0 atom stereocenters. The number of carbonyl (C=O) groups excluding carboxylic acids is 1. The van der Waals surface area contributed by atoms with Crippen LogP contribution in [0, 0.1) is 5.41 Å². The minimum Gasteiger partial charge on any atom is -0.494 e. The Morgan fingerprint density at radius 2 is 2.03 bits per heavy atom. The van der Waals surface area contributed by atoms with Crippen molar-refractivity contribution in [3.63, 3.8) is 0 Å². The van der Waals surface area contributed by atoms with E-state index in [-0.39, 0.29) is 11.8 Å². The molecule has 156 valence electrons. The molecule has 1 aliphatic heterocycles. The van der Waals surface area contributed by atoms with Crippen molar-refractivity contribution in [3.8, 4) is 17.0 Å². The van der Waals surface area contributed by atoms with Crippen molar-refractivity contribution < 1.29 is 9.53 Å². The van der Waals surface area contributed by atoms with Crippen LogP contribution in [0.4, 0.5) is 5.82 Å². The van der Waals surface area contributed by atoms with Gasteiger partial charge in [0, 0.05) is 18.5 Å². The first-order valence-corrected chi connectivity index (χ1v) is 10.9. The summed E-state index contributed by atoms with van der Waals surface area (Å²) >= 11 is 0. The molecule has 0 radical (unpaired) electrons. The van der Waals surface area contributed by atoms with Crippen LogP contribution >= 0.6 is 0 Å². The quantitative estimate of drug-likeness (QED) is 0.653. The average molecular weight is 397 g/mol. The number of anilines is 1. The Morgan fingerprint density at radius 1 is 1.28 bits per heavy atom. The van der Waals surface area contributed by atoms with Crippen LogP contribution in [0.3, 0.4) is 0 Å². The van der Waals surface area contributed by atoms with E-state index >= 15 is 0 Å². The molecule has 2 aromatic rings. The average Bonchev–Trinajstić information content (AvgIpc) is 3.31. The topological polar surface area (TPSA) is 82.2 Å². The van der Waals surface area contributed by atoms with E-state index in [0.717, 1.165) is 50.1 Å². The van der Waals surface area contributed by atoms with Crippen molar-refractivity contribution in [2.45, 2.75) is 58.4 Å². The highest BCUT2D eigenvalue weighted by molar-refractivity contribution is 6.05. The molecule has 6 heteroatoms. The van der Waals surface area contributed by atoms with Gasteiger partial charge in [-0.15, -0.1) is 0 Å². The summed E-state index contributed by atoms with van der Waals surface area (Å²) < 4.78 is 7.61. The van der Waals surface area contributed by atoms with E-state index in [2.05, 4.69) is 12.2 Å². The molecule has 1 saturated heterocycles. The molecule has 1 saturated carbocycles. The number of benzene rings is 1. The number of aromatic nitrogens is 2. The molecule has 2 aliphatic rings.